The summed E-state index contributed by atoms with van der Waals surface area (Å²) < 4.78 is 0. The Balaban J connectivity index is 3.46. The first-order valence-corrected chi connectivity index (χ1v) is 24.9. The maximum absolute atomic E-state index is 12.4. The van der Waals surface area contributed by atoms with Gasteiger partial charge in [0.25, 0.3) is 0 Å². The summed E-state index contributed by atoms with van der Waals surface area (Å²) in [4.78, 5) is 12.4. The number of hydrogen-bond acceptors (Lipinski definition) is 3. The van der Waals surface area contributed by atoms with Crippen LogP contribution in [0.1, 0.15) is 284 Å². The monoisotopic (exact) mass is 762 g/mol. The number of nitrogens with one attached hydrogen (secondary N) is 1. The number of rotatable bonds is 46. The zero-order valence-corrected chi connectivity index (χ0v) is 37.0. The van der Waals surface area contributed by atoms with E-state index in [0.717, 1.165) is 25.7 Å². The first-order valence-electron chi connectivity index (χ1n) is 24.9. The number of carbonyl (C=O) groups excluding carboxylic acids is 1. The van der Waals surface area contributed by atoms with Crippen molar-refractivity contribution < 1.29 is 15.0 Å². The fraction of sp³-hybridized carbons (Fsp3) is 0.940. The fourth-order valence-electron chi connectivity index (χ4n) is 7.95. The third-order valence-corrected chi connectivity index (χ3v) is 11.8. The minimum Gasteiger partial charge on any atom is -0.394 e. The van der Waals surface area contributed by atoms with E-state index in [2.05, 4.69) is 31.3 Å². The molecule has 54 heavy (non-hydrogen) atoms. The van der Waals surface area contributed by atoms with Gasteiger partial charge < -0.3 is 15.5 Å². The van der Waals surface area contributed by atoms with Crippen molar-refractivity contribution in [1.29, 1.82) is 0 Å². The fourth-order valence-corrected chi connectivity index (χ4v) is 7.95. The summed E-state index contributed by atoms with van der Waals surface area (Å²) in [7, 11) is 0. The van der Waals surface area contributed by atoms with E-state index in [-0.39, 0.29) is 12.5 Å². The summed E-state index contributed by atoms with van der Waals surface area (Å²) in [6.07, 6.45) is 58.8. The van der Waals surface area contributed by atoms with Crippen LogP contribution >= 0.6 is 0 Å². The Morgan fingerprint density at radius 1 is 0.426 bits per heavy atom. The molecule has 0 aromatic carbocycles. The molecule has 3 N–H and O–H groups in total. The van der Waals surface area contributed by atoms with Crippen LogP contribution in [0.2, 0.25) is 0 Å². The van der Waals surface area contributed by atoms with Crippen molar-refractivity contribution in [3.63, 3.8) is 0 Å². The molecule has 322 valence electrons. The van der Waals surface area contributed by atoms with Gasteiger partial charge in [0.15, 0.2) is 0 Å². The first kappa shape index (κ1) is 53.1. The van der Waals surface area contributed by atoms with Gasteiger partial charge in [-0.25, -0.2) is 0 Å². The molecule has 1 amide bonds. The molecule has 0 aromatic rings. The van der Waals surface area contributed by atoms with Gasteiger partial charge in [-0.15, -0.1) is 0 Å². The van der Waals surface area contributed by atoms with E-state index in [1.807, 2.05) is 0 Å². The Hall–Kier alpha value is -0.870. The summed E-state index contributed by atoms with van der Waals surface area (Å²) in [5.74, 6) is -0.0275. The standard InChI is InChI=1S/C50H99NO3/c1-3-5-7-9-11-13-15-17-19-21-23-24-25-26-28-30-32-34-36-38-40-42-44-46-50(54)51-48(47-52)49(53)45-43-41-39-37-35-33-31-29-27-22-20-18-16-14-12-10-8-6-4-2/h21,23,48-49,52-53H,3-20,22,24-47H2,1-2H3,(H,51,54)/b23-21-. The van der Waals surface area contributed by atoms with E-state index in [0.29, 0.717) is 12.8 Å². The number of hydrogen-bond donors (Lipinski definition) is 3. The van der Waals surface area contributed by atoms with Crippen molar-refractivity contribution in [2.24, 2.45) is 0 Å². The van der Waals surface area contributed by atoms with Gasteiger partial charge in [-0.1, -0.05) is 251 Å². The lowest BCUT2D eigenvalue weighted by molar-refractivity contribution is -0.123. The van der Waals surface area contributed by atoms with E-state index in [4.69, 9.17) is 0 Å². The molecule has 0 aliphatic rings. The van der Waals surface area contributed by atoms with Crippen LogP contribution in [0.25, 0.3) is 0 Å². The lowest BCUT2D eigenvalue weighted by Crippen LogP contribution is -2.45. The molecule has 2 atom stereocenters. The Kier molecular flexibility index (Phi) is 45.8. The highest BCUT2D eigenvalue weighted by Crippen LogP contribution is 2.17. The minimum atomic E-state index is -0.657. The van der Waals surface area contributed by atoms with Crippen LogP contribution in [0.15, 0.2) is 12.2 Å². The quantitative estimate of drug-likeness (QED) is 0.0427. The second kappa shape index (κ2) is 46.5. The van der Waals surface area contributed by atoms with E-state index < -0.39 is 12.1 Å². The van der Waals surface area contributed by atoms with Crippen LogP contribution in [0.5, 0.6) is 0 Å². The Labute approximate surface area is 339 Å². The van der Waals surface area contributed by atoms with Gasteiger partial charge in [0, 0.05) is 6.42 Å². The predicted molar refractivity (Wildman–Crippen MR) is 239 cm³/mol. The van der Waals surface area contributed by atoms with Gasteiger partial charge in [-0.3, -0.25) is 4.79 Å². The van der Waals surface area contributed by atoms with Gasteiger partial charge in [-0.05, 0) is 38.5 Å². The Bertz CT molecular complexity index is 739. The van der Waals surface area contributed by atoms with E-state index in [1.165, 1.54) is 231 Å². The average molecular weight is 762 g/mol. The van der Waals surface area contributed by atoms with Crippen molar-refractivity contribution in [1.82, 2.24) is 5.32 Å². The number of unbranched alkanes of at least 4 members (excludes halogenated alkanes) is 37. The molecule has 4 nitrogen and oxygen atoms in total. The predicted octanol–water partition coefficient (Wildman–Crippen LogP) is 15.8. The van der Waals surface area contributed by atoms with Crippen molar-refractivity contribution in [3.05, 3.63) is 12.2 Å². The lowest BCUT2D eigenvalue weighted by Gasteiger charge is -2.22. The van der Waals surface area contributed by atoms with Crippen LogP contribution < -0.4 is 5.32 Å². The molecule has 0 radical (unpaired) electrons. The third kappa shape index (κ3) is 42.3. The van der Waals surface area contributed by atoms with Gasteiger partial charge in [-0.2, -0.15) is 0 Å². The van der Waals surface area contributed by atoms with Crippen LogP contribution in [-0.4, -0.2) is 34.9 Å². The molecule has 0 heterocycles. The van der Waals surface area contributed by atoms with Crippen molar-refractivity contribution in [2.45, 2.75) is 296 Å². The van der Waals surface area contributed by atoms with Crippen LogP contribution in [0.4, 0.5) is 0 Å². The molecule has 0 fully saturated rings. The summed E-state index contributed by atoms with van der Waals surface area (Å²) in [5, 5.41) is 23.3. The number of aliphatic hydroxyl groups excluding tert-OH is 2. The molecule has 2 unspecified atom stereocenters. The van der Waals surface area contributed by atoms with Crippen molar-refractivity contribution in [2.75, 3.05) is 6.61 Å². The normalized spacial score (nSPS) is 12.9. The topological polar surface area (TPSA) is 69.6 Å². The van der Waals surface area contributed by atoms with Gasteiger partial charge in [0.2, 0.25) is 5.91 Å². The van der Waals surface area contributed by atoms with E-state index in [9.17, 15) is 15.0 Å². The largest absolute Gasteiger partial charge is 0.394 e. The second-order valence-corrected chi connectivity index (χ2v) is 17.2. The molecular formula is C50H99NO3. The Morgan fingerprint density at radius 2 is 0.704 bits per heavy atom. The van der Waals surface area contributed by atoms with Gasteiger partial charge in [0.1, 0.15) is 0 Å². The molecule has 0 bridgehead atoms. The smallest absolute Gasteiger partial charge is 0.220 e. The highest BCUT2D eigenvalue weighted by atomic mass is 16.3. The molecule has 0 saturated carbocycles. The minimum absolute atomic E-state index is 0.0275. The summed E-state index contributed by atoms with van der Waals surface area (Å²) >= 11 is 0. The first-order chi connectivity index (χ1) is 26.7. The number of allylic oxidation sites excluding steroid dienone is 2. The SMILES string of the molecule is CCCCCCCCCC/C=C\CCCCCCCCCCCCCC(=O)NC(CO)C(O)CCCCCCCCCCCCCCCCCCCCC. The van der Waals surface area contributed by atoms with Crippen LogP contribution in [-0.2, 0) is 4.79 Å². The summed E-state index contributed by atoms with van der Waals surface area (Å²) in [6, 6.07) is -0.533. The maximum atomic E-state index is 12.4. The molecule has 0 rings (SSSR count). The second-order valence-electron chi connectivity index (χ2n) is 17.2. The maximum Gasteiger partial charge on any atom is 0.220 e. The van der Waals surface area contributed by atoms with Gasteiger partial charge >= 0.3 is 0 Å². The van der Waals surface area contributed by atoms with Crippen molar-refractivity contribution >= 4 is 5.91 Å². The zero-order valence-electron chi connectivity index (χ0n) is 37.0. The van der Waals surface area contributed by atoms with Crippen molar-refractivity contribution in [3.8, 4) is 0 Å². The summed E-state index contributed by atoms with van der Waals surface area (Å²) in [6.45, 7) is 4.39. The molecular weight excluding hydrogens is 663 g/mol. The molecule has 4 heteroatoms. The van der Waals surface area contributed by atoms with E-state index >= 15 is 0 Å². The van der Waals surface area contributed by atoms with Gasteiger partial charge in [0.05, 0.1) is 18.8 Å². The molecule has 0 aliphatic heterocycles. The molecule has 0 spiro atoms. The molecule has 0 aromatic heterocycles. The zero-order chi connectivity index (χ0) is 39.3. The third-order valence-electron chi connectivity index (χ3n) is 11.8. The molecule has 0 saturated heterocycles. The van der Waals surface area contributed by atoms with Crippen LogP contribution in [0.3, 0.4) is 0 Å². The Morgan fingerprint density at radius 3 is 1.02 bits per heavy atom. The van der Waals surface area contributed by atoms with Crippen LogP contribution in [0, 0.1) is 0 Å². The van der Waals surface area contributed by atoms with E-state index in [1.54, 1.807) is 0 Å². The number of amides is 1. The molecule has 0 aliphatic carbocycles. The highest BCUT2D eigenvalue weighted by molar-refractivity contribution is 5.76. The summed E-state index contributed by atoms with van der Waals surface area (Å²) in [5.41, 5.74) is 0. The highest BCUT2D eigenvalue weighted by Gasteiger charge is 2.20. The number of aliphatic hydroxyl groups is 2. The average Bonchev–Trinajstić information content (AvgIpc) is 3.18. The number of carbonyl (C=O) groups is 1. The lowest BCUT2D eigenvalue weighted by atomic mass is 10.0.